The molecule has 2 N–H and O–H groups in total. The Balaban J connectivity index is 1.34. The number of carboxylic acid groups (broad SMARTS) is 2. The number of rotatable bonds is 8. The van der Waals surface area contributed by atoms with Crippen LogP contribution < -0.4 is 4.90 Å². The van der Waals surface area contributed by atoms with Gasteiger partial charge in [0.2, 0.25) is 0 Å². The molecular formula is C52H34N2O4. The molecule has 276 valence electrons. The van der Waals surface area contributed by atoms with Gasteiger partial charge in [-0.15, -0.1) is 0 Å². The molecule has 6 heteroatoms. The minimum Gasteiger partial charge on any atom is -0.478 e. The molecule has 0 amide bonds. The molecule has 0 bridgehead atoms. The molecule has 0 unspecified atom stereocenters. The maximum absolute atomic E-state index is 12.4. The van der Waals surface area contributed by atoms with Gasteiger partial charge in [0.05, 0.1) is 27.8 Å². The zero-order chi connectivity index (χ0) is 39.3. The van der Waals surface area contributed by atoms with Gasteiger partial charge in [-0.3, -0.25) is 0 Å². The van der Waals surface area contributed by atoms with E-state index in [1.54, 1.807) is 36.4 Å². The van der Waals surface area contributed by atoms with Gasteiger partial charge in [0.15, 0.2) is 0 Å². The van der Waals surface area contributed by atoms with Crippen molar-refractivity contribution in [2.24, 2.45) is 0 Å². The number of fused-ring (bicyclic) bond motifs is 5. The number of hydrogen-bond donors (Lipinski definition) is 2. The van der Waals surface area contributed by atoms with Crippen LogP contribution in [-0.2, 0) is 0 Å². The normalized spacial score (nSPS) is 11.4. The second-order valence-corrected chi connectivity index (χ2v) is 14.3. The fourth-order valence-electron chi connectivity index (χ4n) is 8.58. The predicted molar refractivity (Wildman–Crippen MR) is 235 cm³/mol. The van der Waals surface area contributed by atoms with Crippen LogP contribution in [0.25, 0.3) is 71.3 Å². The molecule has 0 aliphatic carbocycles. The summed E-state index contributed by atoms with van der Waals surface area (Å²) in [6, 6.07) is 64.3. The number of carbonyl (C=O) groups is 2. The van der Waals surface area contributed by atoms with Crippen LogP contribution in [0.2, 0.25) is 0 Å². The van der Waals surface area contributed by atoms with Gasteiger partial charge in [0.1, 0.15) is 0 Å². The van der Waals surface area contributed by atoms with E-state index in [-0.39, 0.29) is 11.1 Å². The molecule has 58 heavy (non-hydrogen) atoms. The van der Waals surface area contributed by atoms with E-state index in [1.807, 2.05) is 54.6 Å². The van der Waals surface area contributed by atoms with Gasteiger partial charge in [-0.05, 0) is 117 Å². The molecule has 0 fully saturated rings. The third-order valence-electron chi connectivity index (χ3n) is 11.0. The van der Waals surface area contributed by atoms with Crippen molar-refractivity contribution in [3.05, 3.63) is 205 Å². The maximum Gasteiger partial charge on any atom is 0.335 e. The number of nitrogens with zero attached hydrogens (tertiary/aromatic N) is 2. The summed E-state index contributed by atoms with van der Waals surface area (Å²) in [6.45, 7) is 0. The molecule has 10 rings (SSSR count). The van der Waals surface area contributed by atoms with Crippen LogP contribution in [0.4, 0.5) is 17.1 Å². The third kappa shape index (κ3) is 5.66. The highest BCUT2D eigenvalue weighted by molar-refractivity contribution is 6.25. The number of benzene rings is 9. The van der Waals surface area contributed by atoms with Crippen molar-refractivity contribution in [1.29, 1.82) is 0 Å². The number of anilines is 3. The first kappa shape index (κ1) is 34.5. The SMILES string of the molecule is O=C(O)c1cccc(-c2c3ccccc3c(-c3cccc(C(=O)O)c3)c3c(N(c4ccccc4)c4ccc5c(c4)c4ccccc4n5-c4ccccc4)cccc23)c1. The molecule has 0 aliphatic rings. The molecule has 0 radical (unpaired) electrons. The van der Waals surface area contributed by atoms with Crippen LogP contribution in [0.1, 0.15) is 20.7 Å². The molecule has 0 saturated heterocycles. The van der Waals surface area contributed by atoms with Crippen molar-refractivity contribution >= 4 is 72.4 Å². The van der Waals surface area contributed by atoms with Gasteiger partial charge >= 0.3 is 11.9 Å². The average Bonchev–Trinajstić information content (AvgIpc) is 3.60. The highest BCUT2D eigenvalue weighted by Gasteiger charge is 2.25. The summed E-state index contributed by atoms with van der Waals surface area (Å²) < 4.78 is 2.30. The summed E-state index contributed by atoms with van der Waals surface area (Å²) in [5.41, 5.74) is 9.71. The lowest BCUT2D eigenvalue weighted by molar-refractivity contribution is 0.0686. The first-order chi connectivity index (χ1) is 28.5. The molecule has 0 saturated carbocycles. The van der Waals surface area contributed by atoms with Gasteiger partial charge in [-0.25, -0.2) is 9.59 Å². The molecule has 0 atom stereocenters. The summed E-state index contributed by atoms with van der Waals surface area (Å²) >= 11 is 0. The van der Waals surface area contributed by atoms with E-state index in [2.05, 4.69) is 113 Å². The number of carboxylic acids is 2. The number of hydrogen-bond acceptors (Lipinski definition) is 3. The van der Waals surface area contributed by atoms with Crippen molar-refractivity contribution in [1.82, 2.24) is 4.57 Å². The first-order valence-electron chi connectivity index (χ1n) is 19.0. The second-order valence-electron chi connectivity index (χ2n) is 14.3. The lowest BCUT2D eigenvalue weighted by atomic mass is 9.84. The van der Waals surface area contributed by atoms with Crippen molar-refractivity contribution in [3.63, 3.8) is 0 Å². The highest BCUT2D eigenvalue weighted by atomic mass is 16.4. The van der Waals surface area contributed by atoms with Crippen LogP contribution in [0.15, 0.2) is 194 Å². The molecule has 0 aliphatic heterocycles. The van der Waals surface area contributed by atoms with Gasteiger partial charge in [-0.1, -0.05) is 115 Å². The fourth-order valence-corrected chi connectivity index (χ4v) is 8.58. The second kappa shape index (κ2) is 14.0. The molecule has 1 aromatic heterocycles. The van der Waals surface area contributed by atoms with Crippen molar-refractivity contribution in [2.75, 3.05) is 4.90 Å². The zero-order valence-corrected chi connectivity index (χ0v) is 31.1. The predicted octanol–water partition coefficient (Wildman–Crippen LogP) is 13.3. The number of para-hydroxylation sites is 3. The molecule has 0 spiro atoms. The van der Waals surface area contributed by atoms with Crippen LogP contribution in [0, 0.1) is 0 Å². The van der Waals surface area contributed by atoms with E-state index in [0.29, 0.717) is 0 Å². The number of aromatic nitrogens is 1. The van der Waals surface area contributed by atoms with Crippen LogP contribution in [0.5, 0.6) is 0 Å². The zero-order valence-electron chi connectivity index (χ0n) is 31.1. The van der Waals surface area contributed by atoms with Crippen LogP contribution >= 0.6 is 0 Å². The van der Waals surface area contributed by atoms with E-state index < -0.39 is 11.9 Å². The van der Waals surface area contributed by atoms with E-state index in [0.717, 1.165) is 88.4 Å². The Morgan fingerprint density at radius 1 is 0.414 bits per heavy atom. The molecule has 1 heterocycles. The Morgan fingerprint density at radius 3 is 1.62 bits per heavy atom. The lowest BCUT2D eigenvalue weighted by Gasteiger charge is -2.29. The fraction of sp³-hybridized carbons (Fsp3) is 0. The topological polar surface area (TPSA) is 82.8 Å². The van der Waals surface area contributed by atoms with E-state index in [1.165, 1.54) is 0 Å². The van der Waals surface area contributed by atoms with Crippen LogP contribution in [-0.4, -0.2) is 26.7 Å². The maximum atomic E-state index is 12.4. The average molecular weight is 751 g/mol. The molecule has 9 aromatic carbocycles. The van der Waals surface area contributed by atoms with Gasteiger partial charge in [-0.2, -0.15) is 0 Å². The van der Waals surface area contributed by atoms with Gasteiger partial charge in [0, 0.05) is 33.2 Å². The van der Waals surface area contributed by atoms with Gasteiger partial charge < -0.3 is 19.7 Å². The van der Waals surface area contributed by atoms with Crippen molar-refractivity contribution in [3.8, 4) is 27.9 Å². The van der Waals surface area contributed by atoms with E-state index in [4.69, 9.17) is 0 Å². The summed E-state index contributed by atoms with van der Waals surface area (Å²) in [6.07, 6.45) is 0. The Labute approximate surface area is 333 Å². The molecule has 6 nitrogen and oxygen atoms in total. The quantitative estimate of drug-likeness (QED) is 0.151. The monoisotopic (exact) mass is 750 g/mol. The Morgan fingerprint density at radius 2 is 0.948 bits per heavy atom. The first-order valence-corrected chi connectivity index (χ1v) is 19.0. The highest BCUT2D eigenvalue weighted by Crippen LogP contribution is 2.50. The van der Waals surface area contributed by atoms with E-state index >= 15 is 0 Å². The molecular weight excluding hydrogens is 717 g/mol. The Kier molecular flexibility index (Phi) is 8.31. The van der Waals surface area contributed by atoms with Crippen LogP contribution in [0.3, 0.4) is 0 Å². The third-order valence-corrected chi connectivity index (χ3v) is 11.0. The summed E-state index contributed by atoms with van der Waals surface area (Å²) in [7, 11) is 0. The minimum absolute atomic E-state index is 0.186. The smallest absolute Gasteiger partial charge is 0.335 e. The summed E-state index contributed by atoms with van der Waals surface area (Å²) in [5, 5.41) is 26.1. The summed E-state index contributed by atoms with van der Waals surface area (Å²) in [4.78, 5) is 27.0. The van der Waals surface area contributed by atoms with Crippen molar-refractivity contribution < 1.29 is 19.8 Å². The van der Waals surface area contributed by atoms with E-state index in [9.17, 15) is 19.8 Å². The summed E-state index contributed by atoms with van der Waals surface area (Å²) in [5.74, 6) is -2.01. The van der Waals surface area contributed by atoms with Crippen molar-refractivity contribution in [2.45, 2.75) is 0 Å². The lowest BCUT2D eigenvalue weighted by Crippen LogP contribution is -2.11. The Bertz CT molecular complexity index is 3240. The van der Waals surface area contributed by atoms with Gasteiger partial charge in [0.25, 0.3) is 0 Å². The largest absolute Gasteiger partial charge is 0.478 e. The minimum atomic E-state index is -1.01. The standard InChI is InChI=1S/C52H34N2O4/c55-51(56)35-16-11-14-33(30-35)48-41-23-7-8-24-42(41)49(34-15-12-17-36(31-34)52(57)58)50-43(48)25-13-27-47(50)53(37-18-3-1-4-19-37)39-28-29-46-44(32-39)40-22-9-10-26-45(40)54(46)38-20-5-2-6-21-38/h1-32H,(H,55,56)(H,57,58). The molecule has 10 aromatic rings. The Hall–Kier alpha value is -7.96. The number of aromatic carboxylic acids is 2.